The number of nitrogens with zero attached hydrogens (tertiary/aromatic N) is 1. The van der Waals surface area contributed by atoms with E-state index in [9.17, 15) is 8.42 Å². The Bertz CT molecular complexity index is 785. The number of sulfonamides is 1. The van der Waals surface area contributed by atoms with Crippen LogP contribution in [0.15, 0.2) is 29.2 Å². The van der Waals surface area contributed by atoms with Crippen molar-refractivity contribution >= 4 is 10.0 Å². The number of aromatic amines is 1. The molecule has 1 aromatic carbocycles. The largest absolute Gasteiger partial charge is 0.492 e. The molecule has 2 aromatic rings. The summed E-state index contributed by atoms with van der Waals surface area (Å²) in [5, 5.41) is 6.59. The van der Waals surface area contributed by atoms with E-state index in [0.29, 0.717) is 11.4 Å². The van der Waals surface area contributed by atoms with E-state index in [2.05, 4.69) is 41.8 Å². The maximum absolute atomic E-state index is 12.3. The van der Waals surface area contributed by atoms with E-state index in [-0.39, 0.29) is 23.5 Å². The van der Waals surface area contributed by atoms with Crippen molar-refractivity contribution in [1.82, 2.24) is 14.9 Å². The minimum atomic E-state index is -3.59. The second-order valence-electron chi connectivity index (χ2n) is 6.79. The van der Waals surface area contributed by atoms with Crippen LogP contribution in [0.25, 0.3) is 0 Å². The molecule has 2 rings (SSSR count). The summed E-state index contributed by atoms with van der Waals surface area (Å²) in [7, 11) is -3.59. The quantitative estimate of drug-likeness (QED) is 0.784. The Hall–Kier alpha value is -1.86. The lowest BCUT2D eigenvalue weighted by Crippen LogP contribution is -2.29. The molecular formula is C17H25N3O3S. The Morgan fingerprint density at radius 3 is 2.54 bits per heavy atom. The summed E-state index contributed by atoms with van der Waals surface area (Å²) in [5.74, 6) is 0.734. The van der Waals surface area contributed by atoms with Gasteiger partial charge >= 0.3 is 0 Å². The summed E-state index contributed by atoms with van der Waals surface area (Å²) in [5.41, 5.74) is 2.19. The molecular weight excluding hydrogens is 326 g/mol. The number of benzene rings is 1. The molecule has 132 valence electrons. The van der Waals surface area contributed by atoms with Gasteiger partial charge in [-0.2, -0.15) is 5.10 Å². The Morgan fingerprint density at radius 1 is 1.25 bits per heavy atom. The monoisotopic (exact) mass is 351 g/mol. The molecule has 1 heterocycles. The number of ether oxygens (including phenoxy) is 1. The van der Waals surface area contributed by atoms with Crippen LogP contribution in [-0.2, 0) is 15.4 Å². The molecule has 2 N–H and O–H groups in total. The number of aromatic nitrogens is 2. The maximum Gasteiger partial charge on any atom is 0.244 e. The van der Waals surface area contributed by atoms with Gasteiger partial charge in [0.1, 0.15) is 17.3 Å². The Morgan fingerprint density at radius 2 is 1.96 bits per heavy atom. The molecule has 0 saturated heterocycles. The third kappa shape index (κ3) is 4.36. The molecule has 24 heavy (non-hydrogen) atoms. The zero-order chi connectivity index (χ0) is 18.0. The van der Waals surface area contributed by atoms with Crippen LogP contribution in [0, 0.1) is 13.8 Å². The van der Waals surface area contributed by atoms with E-state index < -0.39 is 10.0 Å². The van der Waals surface area contributed by atoms with Gasteiger partial charge in [0.05, 0.1) is 11.4 Å². The van der Waals surface area contributed by atoms with Crippen LogP contribution in [0.3, 0.4) is 0 Å². The molecule has 0 aliphatic heterocycles. The number of hydrogen-bond acceptors (Lipinski definition) is 4. The van der Waals surface area contributed by atoms with Gasteiger partial charge in [0.15, 0.2) is 0 Å². The highest BCUT2D eigenvalue weighted by Gasteiger charge is 2.21. The van der Waals surface area contributed by atoms with E-state index >= 15 is 0 Å². The van der Waals surface area contributed by atoms with E-state index in [1.807, 2.05) is 18.2 Å². The lowest BCUT2D eigenvalue weighted by atomic mass is 9.87. The Balaban J connectivity index is 1.94. The Kier molecular flexibility index (Phi) is 5.35. The summed E-state index contributed by atoms with van der Waals surface area (Å²) in [6, 6.07) is 7.85. The number of hydrogen-bond donors (Lipinski definition) is 2. The van der Waals surface area contributed by atoms with Crippen LogP contribution in [0.1, 0.15) is 37.7 Å². The van der Waals surface area contributed by atoms with Crippen molar-refractivity contribution in [1.29, 1.82) is 0 Å². The second-order valence-corrected chi connectivity index (χ2v) is 8.49. The summed E-state index contributed by atoms with van der Waals surface area (Å²) in [6.45, 7) is 10.2. The highest BCUT2D eigenvalue weighted by Crippen LogP contribution is 2.25. The Labute approximate surface area is 143 Å². The van der Waals surface area contributed by atoms with Gasteiger partial charge < -0.3 is 4.74 Å². The minimum absolute atomic E-state index is 0.0390. The maximum atomic E-state index is 12.3. The van der Waals surface area contributed by atoms with Gasteiger partial charge in [-0.3, -0.25) is 5.10 Å². The van der Waals surface area contributed by atoms with Crippen LogP contribution >= 0.6 is 0 Å². The first-order valence-corrected chi connectivity index (χ1v) is 9.34. The number of H-pyrrole nitrogens is 1. The molecule has 0 unspecified atom stereocenters. The van der Waals surface area contributed by atoms with Crippen molar-refractivity contribution < 1.29 is 13.2 Å². The second kappa shape index (κ2) is 6.94. The molecule has 0 saturated carbocycles. The standard InChI is InChI=1S/C17H25N3O3S/c1-12-16(13(2)20-19-12)24(21,22)18-9-10-23-15-8-6-7-14(11-15)17(3,4)5/h6-8,11,18H,9-10H2,1-5H3,(H,19,20). The molecule has 0 atom stereocenters. The van der Waals surface area contributed by atoms with Crippen molar-refractivity contribution in [3.8, 4) is 5.75 Å². The third-order valence-corrected chi connectivity index (χ3v) is 5.42. The van der Waals surface area contributed by atoms with Gasteiger partial charge in [0, 0.05) is 6.54 Å². The zero-order valence-electron chi connectivity index (χ0n) is 14.8. The fourth-order valence-corrected chi connectivity index (χ4v) is 3.79. The van der Waals surface area contributed by atoms with Gasteiger partial charge in [0.25, 0.3) is 0 Å². The van der Waals surface area contributed by atoms with Gasteiger partial charge in [0.2, 0.25) is 10.0 Å². The highest BCUT2D eigenvalue weighted by atomic mass is 32.2. The van der Waals surface area contributed by atoms with E-state index in [1.165, 1.54) is 5.56 Å². The van der Waals surface area contributed by atoms with E-state index in [4.69, 9.17) is 4.74 Å². The van der Waals surface area contributed by atoms with Gasteiger partial charge in [-0.25, -0.2) is 13.1 Å². The van der Waals surface area contributed by atoms with Crippen molar-refractivity contribution in [2.24, 2.45) is 0 Å². The summed E-state index contributed by atoms with van der Waals surface area (Å²) in [6.07, 6.45) is 0. The van der Waals surface area contributed by atoms with Crippen LogP contribution in [-0.4, -0.2) is 31.8 Å². The third-order valence-electron chi connectivity index (χ3n) is 3.69. The molecule has 6 nitrogen and oxygen atoms in total. The molecule has 1 aromatic heterocycles. The van der Waals surface area contributed by atoms with E-state index in [0.717, 1.165) is 5.75 Å². The number of rotatable bonds is 6. The number of aryl methyl sites for hydroxylation is 2. The molecule has 0 fully saturated rings. The van der Waals surface area contributed by atoms with Gasteiger partial charge in [-0.1, -0.05) is 32.9 Å². The first-order chi connectivity index (χ1) is 11.1. The van der Waals surface area contributed by atoms with Gasteiger partial charge in [-0.15, -0.1) is 0 Å². The molecule has 0 aliphatic rings. The fraction of sp³-hybridized carbons (Fsp3) is 0.471. The normalized spacial score (nSPS) is 12.4. The summed E-state index contributed by atoms with van der Waals surface area (Å²) >= 11 is 0. The van der Waals surface area contributed by atoms with Crippen LogP contribution in [0.2, 0.25) is 0 Å². The first-order valence-electron chi connectivity index (χ1n) is 7.86. The SMILES string of the molecule is Cc1n[nH]c(C)c1S(=O)(=O)NCCOc1cccc(C(C)(C)C)c1. The molecule has 0 spiro atoms. The predicted molar refractivity (Wildman–Crippen MR) is 93.9 cm³/mol. The lowest BCUT2D eigenvalue weighted by Gasteiger charge is -2.19. The van der Waals surface area contributed by atoms with Crippen molar-refractivity contribution in [3.05, 3.63) is 41.2 Å². The molecule has 0 radical (unpaired) electrons. The highest BCUT2D eigenvalue weighted by molar-refractivity contribution is 7.89. The van der Waals surface area contributed by atoms with Crippen LogP contribution < -0.4 is 9.46 Å². The average molecular weight is 351 g/mol. The molecule has 7 heteroatoms. The van der Waals surface area contributed by atoms with Gasteiger partial charge in [-0.05, 0) is 37.0 Å². The average Bonchev–Trinajstić information content (AvgIpc) is 2.83. The smallest absolute Gasteiger partial charge is 0.244 e. The first kappa shape index (κ1) is 18.5. The van der Waals surface area contributed by atoms with Crippen LogP contribution in [0.4, 0.5) is 0 Å². The predicted octanol–water partition coefficient (Wildman–Crippen LogP) is 2.68. The summed E-state index contributed by atoms with van der Waals surface area (Å²) < 4.78 is 32.8. The molecule has 0 bridgehead atoms. The molecule has 0 amide bonds. The topological polar surface area (TPSA) is 84.1 Å². The number of nitrogens with one attached hydrogen (secondary N) is 2. The summed E-state index contributed by atoms with van der Waals surface area (Å²) in [4.78, 5) is 0.206. The fourth-order valence-electron chi connectivity index (χ4n) is 2.41. The van der Waals surface area contributed by atoms with E-state index in [1.54, 1.807) is 13.8 Å². The zero-order valence-corrected chi connectivity index (χ0v) is 15.6. The minimum Gasteiger partial charge on any atom is -0.492 e. The van der Waals surface area contributed by atoms with Crippen molar-refractivity contribution in [3.63, 3.8) is 0 Å². The van der Waals surface area contributed by atoms with Crippen LogP contribution in [0.5, 0.6) is 5.75 Å². The van der Waals surface area contributed by atoms with Crippen molar-refractivity contribution in [2.45, 2.75) is 44.9 Å². The molecule has 0 aliphatic carbocycles. The van der Waals surface area contributed by atoms with Crippen molar-refractivity contribution in [2.75, 3.05) is 13.2 Å². The lowest BCUT2D eigenvalue weighted by molar-refractivity contribution is 0.322.